The van der Waals surface area contributed by atoms with Crippen LogP contribution in [0.2, 0.25) is 5.28 Å². The Morgan fingerprint density at radius 2 is 2.18 bits per heavy atom. The van der Waals surface area contributed by atoms with Crippen LogP contribution >= 0.6 is 27.5 Å². The lowest BCUT2D eigenvalue weighted by atomic mass is 10.00. The van der Waals surface area contributed by atoms with Gasteiger partial charge in [-0.25, -0.2) is 20.2 Å². The number of hydrogen-bond donors (Lipinski definition) is 2. The van der Waals surface area contributed by atoms with Crippen LogP contribution in [0.5, 0.6) is 0 Å². The van der Waals surface area contributed by atoms with Gasteiger partial charge >= 0.3 is 6.09 Å². The van der Waals surface area contributed by atoms with E-state index in [2.05, 4.69) is 36.7 Å². The fraction of sp³-hybridized carbons (Fsp3) is 0.643. The molecule has 122 valence electrons. The number of halogens is 2. The summed E-state index contributed by atoms with van der Waals surface area (Å²) < 4.78 is 6.04. The fourth-order valence-corrected chi connectivity index (χ4v) is 3.16. The Kier molecular flexibility index (Phi) is 5.63. The van der Waals surface area contributed by atoms with Crippen LogP contribution in [0.15, 0.2) is 10.7 Å². The van der Waals surface area contributed by atoms with Gasteiger partial charge in [0.25, 0.3) is 0 Å². The van der Waals surface area contributed by atoms with Gasteiger partial charge in [0.15, 0.2) is 0 Å². The van der Waals surface area contributed by atoms with Gasteiger partial charge in [-0.2, -0.15) is 0 Å². The normalized spacial score (nSPS) is 21.7. The number of hydrazine groups is 1. The van der Waals surface area contributed by atoms with E-state index in [4.69, 9.17) is 16.3 Å². The molecule has 0 saturated heterocycles. The predicted molar refractivity (Wildman–Crippen MR) is 87.6 cm³/mol. The van der Waals surface area contributed by atoms with Crippen molar-refractivity contribution in [1.29, 1.82) is 0 Å². The second-order valence-electron chi connectivity index (χ2n) is 6.29. The number of carbonyl (C=O) groups is 1. The summed E-state index contributed by atoms with van der Waals surface area (Å²) >= 11 is 9.35. The highest BCUT2D eigenvalue weighted by molar-refractivity contribution is 9.10. The third-order valence-corrected chi connectivity index (χ3v) is 4.16. The molecule has 2 unspecified atom stereocenters. The molecule has 2 rings (SSSR count). The molecule has 1 fully saturated rings. The number of carbonyl (C=O) groups excluding carboxylic acids is 1. The van der Waals surface area contributed by atoms with Gasteiger partial charge < -0.3 is 4.74 Å². The first kappa shape index (κ1) is 17.4. The minimum absolute atomic E-state index is 0.0785. The molecule has 0 spiro atoms. The summed E-state index contributed by atoms with van der Waals surface area (Å²) in [5, 5.41) is 0.226. The Balaban J connectivity index is 1.99. The Hall–Kier alpha value is -0.920. The molecule has 22 heavy (non-hydrogen) atoms. The van der Waals surface area contributed by atoms with E-state index in [0.29, 0.717) is 0 Å². The highest BCUT2D eigenvalue weighted by Gasteiger charge is 2.32. The zero-order valence-corrected chi connectivity index (χ0v) is 15.2. The van der Waals surface area contributed by atoms with Gasteiger partial charge in [-0.1, -0.05) is 6.42 Å². The molecular weight excluding hydrogens is 372 g/mol. The highest BCUT2D eigenvalue weighted by Crippen LogP contribution is 2.36. The third-order valence-electron chi connectivity index (χ3n) is 3.37. The molecule has 1 amide bonds. The first-order valence-electron chi connectivity index (χ1n) is 7.19. The number of aromatic nitrogens is 2. The Morgan fingerprint density at radius 1 is 1.45 bits per heavy atom. The molecule has 1 aliphatic carbocycles. The van der Waals surface area contributed by atoms with E-state index in [1.165, 1.54) is 0 Å². The molecule has 0 radical (unpaired) electrons. The number of ether oxygens (including phenoxy) is 1. The van der Waals surface area contributed by atoms with Gasteiger partial charge in [0.2, 0.25) is 5.28 Å². The fourth-order valence-electron chi connectivity index (χ4n) is 2.53. The van der Waals surface area contributed by atoms with Gasteiger partial charge in [-0.05, 0) is 61.1 Å². The average Bonchev–Trinajstić information content (AvgIpc) is 2.85. The van der Waals surface area contributed by atoms with E-state index in [-0.39, 0.29) is 17.2 Å². The number of hydrogen-bond acceptors (Lipinski definition) is 5. The maximum absolute atomic E-state index is 11.7. The molecule has 0 aliphatic heterocycles. The second kappa shape index (κ2) is 7.10. The van der Waals surface area contributed by atoms with Crippen LogP contribution in [0.3, 0.4) is 0 Å². The van der Waals surface area contributed by atoms with Gasteiger partial charge in [0.1, 0.15) is 5.60 Å². The summed E-state index contributed by atoms with van der Waals surface area (Å²) in [6, 6.07) is 0.0785. The van der Waals surface area contributed by atoms with Gasteiger partial charge in [-0.15, -0.1) is 0 Å². The van der Waals surface area contributed by atoms with Gasteiger partial charge in [-0.3, -0.25) is 5.43 Å². The molecule has 6 nitrogen and oxygen atoms in total. The van der Waals surface area contributed by atoms with Crippen LogP contribution < -0.4 is 10.9 Å². The van der Waals surface area contributed by atoms with Crippen LogP contribution in [0.1, 0.15) is 51.6 Å². The van der Waals surface area contributed by atoms with Crippen LogP contribution in [0.4, 0.5) is 4.79 Å². The number of rotatable bonds is 3. The molecule has 8 heteroatoms. The molecule has 1 aromatic heterocycles. The summed E-state index contributed by atoms with van der Waals surface area (Å²) in [6.07, 6.45) is 4.12. The van der Waals surface area contributed by atoms with Crippen molar-refractivity contribution in [2.45, 2.75) is 57.6 Å². The largest absolute Gasteiger partial charge is 0.443 e. The summed E-state index contributed by atoms with van der Waals surface area (Å²) in [4.78, 5) is 20.0. The lowest BCUT2D eigenvalue weighted by Crippen LogP contribution is -2.47. The summed E-state index contributed by atoms with van der Waals surface area (Å²) in [5.41, 5.74) is 6.00. The second-order valence-corrected chi connectivity index (χ2v) is 7.48. The van der Waals surface area contributed by atoms with Crippen molar-refractivity contribution >= 4 is 33.6 Å². The lowest BCUT2D eigenvalue weighted by Gasteiger charge is -2.24. The zero-order chi connectivity index (χ0) is 16.3. The molecule has 2 N–H and O–H groups in total. The van der Waals surface area contributed by atoms with Gasteiger partial charge in [0.05, 0.1) is 10.2 Å². The van der Waals surface area contributed by atoms with E-state index >= 15 is 0 Å². The van der Waals surface area contributed by atoms with E-state index < -0.39 is 11.7 Å². The van der Waals surface area contributed by atoms with E-state index in [0.717, 1.165) is 29.4 Å². The molecular formula is C14H20BrClN4O2. The standard InChI is InChI=1S/C14H20BrClN4O2/c1-14(2,3)22-13(21)20-19-10-6-4-5-8(10)11-9(15)7-17-12(16)18-11/h7-8,10,19H,4-6H2,1-3H3,(H,20,21). The maximum Gasteiger partial charge on any atom is 0.422 e. The lowest BCUT2D eigenvalue weighted by molar-refractivity contribution is 0.0486. The van der Waals surface area contributed by atoms with Crippen LogP contribution in [-0.2, 0) is 4.74 Å². The van der Waals surface area contributed by atoms with Gasteiger partial charge in [0, 0.05) is 18.2 Å². The SMILES string of the molecule is CC(C)(C)OC(=O)NNC1CCCC1c1nc(Cl)ncc1Br. The van der Waals surface area contributed by atoms with Crippen molar-refractivity contribution in [2.75, 3.05) is 0 Å². The molecule has 1 heterocycles. The molecule has 2 atom stereocenters. The summed E-state index contributed by atoms with van der Waals surface area (Å²) in [6.45, 7) is 5.47. The molecule has 1 saturated carbocycles. The Bertz CT molecular complexity index is 550. The van der Waals surface area contributed by atoms with Crippen molar-refractivity contribution in [1.82, 2.24) is 20.8 Å². The minimum Gasteiger partial charge on any atom is -0.443 e. The molecule has 1 aromatic rings. The summed E-state index contributed by atoms with van der Waals surface area (Å²) in [7, 11) is 0. The number of nitrogens with one attached hydrogen (secondary N) is 2. The maximum atomic E-state index is 11.7. The van der Waals surface area contributed by atoms with E-state index in [1.54, 1.807) is 6.20 Å². The Labute approximate surface area is 143 Å². The van der Waals surface area contributed by atoms with Crippen molar-refractivity contribution in [3.05, 3.63) is 21.6 Å². The average molecular weight is 392 g/mol. The first-order valence-corrected chi connectivity index (χ1v) is 8.36. The van der Waals surface area contributed by atoms with Crippen molar-refractivity contribution in [3.8, 4) is 0 Å². The topological polar surface area (TPSA) is 76.1 Å². The van der Waals surface area contributed by atoms with Crippen LogP contribution in [0.25, 0.3) is 0 Å². The molecule has 0 aromatic carbocycles. The third kappa shape index (κ3) is 4.79. The van der Waals surface area contributed by atoms with E-state index in [9.17, 15) is 4.79 Å². The molecule has 1 aliphatic rings. The van der Waals surface area contributed by atoms with E-state index in [1.807, 2.05) is 20.8 Å². The van der Waals surface area contributed by atoms with Crippen molar-refractivity contribution in [3.63, 3.8) is 0 Å². The highest BCUT2D eigenvalue weighted by atomic mass is 79.9. The monoisotopic (exact) mass is 390 g/mol. The van der Waals surface area contributed by atoms with Crippen LogP contribution in [-0.4, -0.2) is 27.7 Å². The quantitative estimate of drug-likeness (QED) is 0.608. The van der Waals surface area contributed by atoms with Crippen LogP contribution in [0, 0.1) is 0 Å². The van der Waals surface area contributed by atoms with Crippen molar-refractivity contribution < 1.29 is 9.53 Å². The summed E-state index contributed by atoms with van der Waals surface area (Å²) in [5.74, 6) is 0.157. The molecule has 0 bridgehead atoms. The predicted octanol–water partition coefficient (Wildman–Crippen LogP) is 3.56. The minimum atomic E-state index is -0.524. The zero-order valence-electron chi connectivity index (χ0n) is 12.8. The Morgan fingerprint density at radius 3 is 2.86 bits per heavy atom. The number of amides is 1. The smallest absolute Gasteiger partial charge is 0.422 e. The first-order chi connectivity index (χ1) is 10.3. The van der Waals surface area contributed by atoms with Crippen molar-refractivity contribution in [2.24, 2.45) is 0 Å². The number of nitrogens with zero attached hydrogens (tertiary/aromatic N) is 2.